The van der Waals surface area contributed by atoms with E-state index in [0.717, 1.165) is 37.3 Å². The topological polar surface area (TPSA) is 78.5 Å². The van der Waals surface area contributed by atoms with Crippen LogP contribution in [0.4, 0.5) is 5.82 Å². The first-order valence-electron chi connectivity index (χ1n) is 9.26. The molecule has 1 N–H and O–H groups in total. The molecular weight excluding hydrogens is 330 g/mol. The van der Waals surface area contributed by atoms with Crippen molar-refractivity contribution >= 4 is 5.82 Å². The lowest BCUT2D eigenvalue weighted by Gasteiger charge is -2.38. The fourth-order valence-electron chi connectivity index (χ4n) is 3.42. The number of pyridine rings is 1. The van der Waals surface area contributed by atoms with Crippen molar-refractivity contribution < 1.29 is 9.63 Å². The summed E-state index contributed by atoms with van der Waals surface area (Å²) in [6.07, 6.45) is 4.04. The van der Waals surface area contributed by atoms with Crippen LogP contribution in [0.3, 0.4) is 0 Å². The fraction of sp³-hybridized carbons (Fsp3) is 0.632. The lowest BCUT2D eigenvalue weighted by molar-refractivity contribution is -0.0373. The summed E-state index contributed by atoms with van der Waals surface area (Å²) in [6.45, 7) is 8.44. The number of aromatic nitrogens is 3. The highest BCUT2D eigenvalue weighted by atomic mass is 16.5. The Labute approximate surface area is 155 Å². The van der Waals surface area contributed by atoms with Crippen LogP contribution in [0, 0.1) is 6.92 Å². The Morgan fingerprint density at radius 1 is 1.38 bits per heavy atom. The molecule has 142 valence electrons. The standard InChI is InChI=1S/C19H29N5O2/c1-14(2)23(4)17-7-6-16(11-20-17)12-24-9-5-8-19(25,13-24)10-18-21-15(3)22-26-18/h6-7,11,14,25H,5,8-10,12-13H2,1-4H3. The second-order valence-electron chi connectivity index (χ2n) is 7.68. The average molecular weight is 359 g/mol. The molecule has 1 aliphatic rings. The Balaban J connectivity index is 1.61. The average Bonchev–Trinajstić information content (AvgIpc) is 2.99. The third-order valence-electron chi connectivity index (χ3n) is 5.04. The van der Waals surface area contributed by atoms with Crippen molar-refractivity contribution in [3.8, 4) is 0 Å². The van der Waals surface area contributed by atoms with E-state index in [-0.39, 0.29) is 0 Å². The third-order valence-corrected chi connectivity index (χ3v) is 5.04. The highest BCUT2D eigenvalue weighted by Gasteiger charge is 2.35. The van der Waals surface area contributed by atoms with Crippen molar-refractivity contribution in [3.63, 3.8) is 0 Å². The lowest BCUT2D eigenvalue weighted by Crippen LogP contribution is -2.49. The summed E-state index contributed by atoms with van der Waals surface area (Å²) in [4.78, 5) is 13.2. The van der Waals surface area contributed by atoms with Crippen LogP contribution in [0.2, 0.25) is 0 Å². The molecule has 0 amide bonds. The second-order valence-corrected chi connectivity index (χ2v) is 7.68. The number of rotatable bonds is 6. The largest absolute Gasteiger partial charge is 0.388 e. The van der Waals surface area contributed by atoms with Gasteiger partial charge >= 0.3 is 0 Å². The number of aryl methyl sites for hydroxylation is 1. The van der Waals surface area contributed by atoms with E-state index in [1.807, 2.05) is 6.20 Å². The normalized spacial score (nSPS) is 21.3. The monoisotopic (exact) mass is 359 g/mol. The summed E-state index contributed by atoms with van der Waals surface area (Å²) in [5.41, 5.74) is 0.339. The van der Waals surface area contributed by atoms with Gasteiger partial charge in [-0.15, -0.1) is 0 Å². The van der Waals surface area contributed by atoms with E-state index in [4.69, 9.17) is 4.52 Å². The zero-order valence-electron chi connectivity index (χ0n) is 16.1. The molecule has 2 aromatic heterocycles. The number of aliphatic hydroxyl groups is 1. The molecule has 1 atom stereocenters. The van der Waals surface area contributed by atoms with Crippen LogP contribution >= 0.6 is 0 Å². The first-order valence-corrected chi connectivity index (χ1v) is 9.26. The van der Waals surface area contributed by atoms with Crippen LogP contribution in [0.5, 0.6) is 0 Å². The summed E-state index contributed by atoms with van der Waals surface area (Å²) >= 11 is 0. The molecule has 2 aromatic rings. The van der Waals surface area contributed by atoms with E-state index in [2.05, 4.69) is 58.0 Å². The molecule has 0 saturated carbocycles. The van der Waals surface area contributed by atoms with Gasteiger partial charge in [-0.2, -0.15) is 4.98 Å². The fourth-order valence-corrected chi connectivity index (χ4v) is 3.42. The number of nitrogens with zero attached hydrogens (tertiary/aromatic N) is 5. The summed E-state index contributed by atoms with van der Waals surface area (Å²) in [6, 6.07) is 4.60. The smallest absolute Gasteiger partial charge is 0.229 e. The number of piperidine rings is 1. The Hall–Kier alpha value is -1.99. The second kappa shape index (κ2) is 7.72. The van der Waals surface area contributed by atoms with Crippen molar-refractivity contribution in [1.29, 1.82) is 0 Å². The summed E-state index contributed by atoms with van der Waals surface area (Å²) in [5.74, 6) is 2.09. The molecule has 3 rings (SSSR count). The molecule has 7 nitrogen and oxygen atoms in total. The Bertz CT molecular complexity index is 715. The van der Waals surface area contributed by atoms with Crippen LogP contribution in [0.1, 0.15) is 44.0 Å². The van der Waals surface area contributed by atoms with Gasteiger partial charge in [-0.05, 0) is 51.8 Å². The maximum atomic E-state index is 11.0. The van der Waals surface area contributed by atoms with Gasteiger partial charge in [0.05, 0.1) is 12.0 Å². The first-order chi connectivity index (χ1) is 12.3. The van der Waals surface area contributed by atoms with E-state index in [1.165, 1.54) is 0 Å². The van der Waals surface area contributed by atoms with Crippen molar-refractivity contribution in [2.75, 3.05) is 25.0 Å². The van der Waals surface area contributed by atoms with Gasteiger partial charge in [0.1, 0.15) is 5.82 Å². The van der Waals surface area contributed by atoms with Gasteiger partial charge in [-0.1, -0.05) is 11.2 Å². The molecule has 7 heteroatoms. The van der Waals surface area contributed by atoms with Gasteiger partial charge in [0.25, 0.3) is 0 Å². The van der Waals surface area contributed by atoms with E-state index in [0.29, 0.717) is 30.7 Å². The summed E-state index contributed by atoms with van der Waals surface area (Å²) < 4.78 is 5.19. The molecule has 0 aliphatic carbocycles. The lowest BCUT2D eigenvalue weighted by atomic mass is 9.89. The van der Waals surface area contributed by atoms with Crippen LogP contribution < -0.4 is 4.90 Å². The van der Waals surface area contributed by atoms with E-state index in [9.17, 15) is 5.11 Å². The van der Waals surface area contributed by atoms with Crippen LogP contribution in [-0.4, -0.2) is 56.9 Å². The minimum absolute atomic E-state index is 0.403. The third kappa shape index (κ3) is 4.59. The van der Waals surface area contributed by atoms with Gasteiger partial charge in [-0.25, -0.2) is 4.98 Å². The molecule has 0 radical (unpaired) electrons. The molecule has 1 saturated heterocycles. The van der Waals surface area contributed by atoms with E-state index in [1.54, 1.807) is 6.92 Å². The number of hydrogen-bond acceptors (Lipinski definition) is 7. The van der Waals surface area contributed by atoms with E-state index < -0.39 is 5.60 Å². The van der Waals surface area contributed by atoms with Crippen molar-refractivity contribution in [1.82, 2.24) is 20.0 Å². The van der Waals surface area contributed by atoms with Gasteiger partial charge in [-0.3, -0.25) is 4.90 Å². The molecule has 1 aliphatic heterocycles. The zero-order valence-corrected chi connectivity index (χ0v) is 16.1. The quantitative estimate of drug-likeness (QED) is 0.847. The number of β-amino-alcohol motifs (C(OH)–C–C–N with tert-alkyl or cyclic N) is 1. The molecule has 1 unspecified atom stereocenters. The minimum atomic E-state index is -0.817. The molecular formula is C19H29N5O2. The molecule has 0 spiro atoms. The van der Waals surface area contributed by atoms with Gasteiger partial charge in [0.2, 0.25) is 5.89 Å². The Morgan fingerprint density at radius 2 is 2.19 bits per heavy atom. The van der Waals surface area contributed by atoms with Crippen molar-refractivity contribution in [2.45, 2.75) is 58.2 Å². The van der Waals surface area contributed by atoms with E-state index >= 15 is 0 Å². The van der Waals surface area contributed by atoms with Crippen LogP contribution in [-0.2, 0) is 13.0 Å². The first kappa shape index (κ1) is 18.8. The molecule has 1 fully saturated rings. The predicted octanol–water partition coefficient (Wildman–Crippen LogP) is 2.19. The molecule has 0 aromatic carbocycles. The maximum absolute atomic E-state index is 11.0. The summed E-state index contributed by atoms with van der Waals surface area (Å²) in [7, 11) is 2.05. The SMILES string of the molecule is Cc1noc(CC2(O)CCCN(Cc3ccc(N(C)C(C)C)nc3)C2)n1. The maximum Gasteiger partial charge on any atom is 0.229 e. The highest BCUT2D eigenvalue weighted by Crippen LogP contribution is 2.26. The molecule has 3 heterocycles. The van der Waals surface area contributed by atoms with Gasteiger partial charge in [0, 0.05) is 32.4 Å². The summed E-state index contributed by atoms with van der Waals surface area (Å²) in [5, 5.41) is 14.8. The Kier molecular flexibility index (Phi) is 5.58. The zero-order chi connectivity index (χ0) is 18.7. The number of hydrogen-bond donors (Lipinski definition) is 1. The van der Waals surface area contributed by atoms with Crippen molar-refractivity contribution in [3.05, 3.63) is 35.6 Å². The predicted molar refractivity (Wildman–Crippen MR) is 100.0 cm³/mol. The van der Waals surface area contributed by atoms with Crippen LogP contribution in [0.15, 0.2) is 22.9 Å². The van der Waals surface area contributed by atoms with Gasteiger partial charge in [0.15, 0.2) is 5.82 Å². The van der Waals surface area contributed by atoms with Crippen LogP contribution in [0.25, 0.3) is 0 Å². The van der Waals surface area contributed by atoms with Gasteiger partial charge < -0.3 is 14.5 Å². The highest BCUT2D eigenvalue weighted by molar-refractivity contribution is 5.39. The van der Waals surface area contributed by atoms with Crippen molar-refractivity contribution in [2.24, 2.45) is 0 Å². The molecule has 26 heavy (non-hydrogen) atoms. The number of anilines is 1. The minimum Gasteiger partial charge on any atom is -0.388 e. The Morgan fingerprint density at radius 3 is 2.81 bits per heavy atom. The number of likely N-dealkylation sites (tertiary alicyclic amines) is 1. The molecule has 0 bridgehead atoms.